The van der Waals surface area contributed by atoms with Crippen LogP contribution in [0.15, 0.2) is 0 Å². The second-order valence-corrected chi connectivity index (χ2v) is 5.63. The molecule has 0 aliphatic carbocycles. The van der Waals surface area contributed by atoms with Gasteiger partial charge in [-0.1, -0.05) is 0 Å². The smallest absolute Gasteiger partial charge is 0.315 e. The van der Waals surface area contributed by atoms with Gasteiger partial charge in [-0.05, 0) is 37.2 Å². The Morgan fingerprint density at radius 1 is 1.41 bits per heavy atom. The minimum Gasteiger partial charge on any atom is -0.481 e. The lowest BCUT2D eigenvalue weighted by Crippen LogP contribution is -2.43. The van der Waals surface area contributed by atoms with E-state index in [0.717, 1.165) is 12.8 Å². The zero-order chi connectivity index (χ0) is 12.7. The van der Waals surface area contributed by atoms with Gasteiger partial charge in [-0.25, -0.2) is 4.79 Å². The molecule has 1 aliphatic heterocycles. The third-order valence-corrected chi connectivity index (χ3v) is 3.80. The Morgan fingerprint density at radius 3 is 2.65 bits per heavy atom. The first-order valence-corrected chi connectivity index (χ1v) is 7.07. The van der Waals surface area contributed by atoms with E-state index in [-0.39, 0.29) is 18.5 Å². The Labute approximate surface area is 106 Å². The molecule has 1 atom stereocenters. The molecule has 0 bridgehead atoms. The lowest BCUT2D eigenvalue weighted by molar-refractivity contribution is -0.137. The molecule has 1 unspecified atom stereocenters. The van der Waals surface area contributed by atoms with Gasteiger partial charge in [0.1, 0.15) is 0 Å². The van der Waals surface area contributed by atoms with Crippen LogP contribution in [-0.2, 0) is 4.79 Å². The Kier molecular flexibility index (Phi) is 6.18. The van der Waals surface area contributed by atoms with Crippen molar-refractivity contribution in [2.45, 2.75) is 32.2 Å². The maximum Gasteiger partial charge on any atom is 0.315 e. The molecule has 17 heavy (non-hydrogen) atoms. The maximum absolute atomic E-state index is 11.5. The van der Waals surface area contributed by atoms with E-state index in [1.54, 1.807) is 6.92 Å². The molecule has 2 amide bonds. The Balaban J connectivity index is 2.13. The number of carbonyl (C=O) groups is 2. The molecule has 1 saturated heterocycles. The second kappa shape index (κ2) is 7.42. The van der Waals surface area contributed by atoms with Gasteiger partial charge in [-0.15, -0.1) is 0 Å². The molecule has 0 aromatic rings. The molecule has 0 saturated carbocycles. The van der Waals surface area contributed by atoms with E-state index in [1.165, 1.54) is 11.5 Å². The lowest BCUT2D eigenvalue weighted by Gasteiger charge is -2.22. The molecule has 98 valence electrons. The maximum atomic E-state index is 11.5. The second-order valence-electron chi connectivity index (χ2n) is 4.41. The van der Waals surface area contributed by atoms with E-state index in [2.05, 4.69) is 10.6 Å². The van der Waals surface area contributed by atoms with Gasteiger partial charge >= 0.3 is 12.0 Å². The number of carboxylic acid groups (broad SMARTS) is 1. The number of nitrogens with one attached hydrogen (secondary N) is 2. The molecule has 1 rings (SSSR count). The van der Waals surface area contributed by atoms with Crippen LogP contribution >= 0.6 is 11.8 Å². The third kappa shape index (κ3) is 6.41. The number of rotatable bonds is 5. The number of hydrogen-bond acceptors (Lipinski definition) is 3. The van der Waals surface area contributed by atoms with Crippen molar-refractivity contribution in [2.75, 3.05) is 18.1 Å². The van der Waals surface area contributed by atoms with Crippen molar-refractivity contribution in [3.05, 3.63) is 0 Å². The van der Waals surface area contributed by atoms with Crippen molar-refractivity contribution in [1.29, 1.82) is 0 Å². The van der Waals surface area contributed by atoms with Crippen LogP contribution < -0.4 is 10.6 Å². The van der Waals surface area contributed by atoms with Crippen LogP contribution in [0, 0.1) is 5.92 Å². The number of carbonyl (C=O) groups excluding carboxylic acids is 1. The third-order valence-electron chi connectivity index (χ3n) is 2.75. The van der Waals surface area contributed by atoms with E-state index < -0.39 is 5.97 Å². The summed E-state index contributed by atoms with van der Waals surface area (Å²) < 4.78 is 0. The molecule has 0 spiro atoms. The van der Waals surface area contributed by atoms with Gasteiger partial charge < -0.3 is 15.7 Å². The molecular weight excluding hydrogens is 240 g/mol. The minimum atomic E-state index is -0.901. The van der Waals surface area contributed by atoms with Gasteiger partial charge in [-0.2, -0.15) is 11.8 Å². The van der Waals surface area contributed by atoms with E-state index in [1.807, 2.05) is 11.8 Å². The van der Waals surface area contributed by atoms with Gasteiger partial charge in [-0.3, -0.25) is 4.79 Å². The number of thioether (sulfide) groups is 1. The van der Waals surface area contributed by atoms with Gasteiger partial charge in [0.2, 0.25) is 0 Å². The highest BCUT2D eigenvalue weighted by Crippen LogP contribution is 2.21. The minimum absolute atomic E-state index is 0.0481. The molecule has 6 heteroatoms. The Hall–Kier alpha value is -0.910. The van der Waals surface area contributed by atoms with Gasteiger partial charge in [0, 0.05) is 12.6 Å². The topological polar surface area (TPSA) is 78.4 Å². The van der Waals surface area contributed by atoms with Crippen molar-refractivity contribution >= 4 is 23.8 Å². The van der Waals surface area contributed by atoms with Gasteiger partial charge in [0.05, 0.1) is 6.42 Å². The summed E-state index contributed by atoms with van der Waals surface area (Å²) >= 11 is 1.96. The summed E-state index contributed by atoms with van der Waals surface area (Å²) in [6.45, 7) is 2.37. The normalized spacial score (nSPS) is 18.4. The Morgan fingerprint density at radius 2 is 2.06 bits per heavy atom. The van der Waals surface area contributed by atoms with Gasteiger partial charge in [0.25, 0.3) is 0 Å². The molecular formula is C11H20N2O3S. The average molecular weight is 260 g/mol. The largest absolute Gasteiger partial charge is 0.481 e. The molecule has 1 aliphatic rings. The van der Waals surface area contributed by atoms with Crippen molar-refractivity contribution in [2.24, 2.45) is 5.92 Å². The monoisotopic (exact) mass is 260 g/mol. The fourth-order valence-corrected chi connectivity index (χ4v) is 2.98. The fraction of sp³-hybridized carbons (Fsp3) is 0.818. The van der Waals surface area contributed by atoms with E-state index in [9.17, 15) is 9.59 Å². The lowest BCUT2D eigenvalue weighted by atomic mass is 10.0. The molecule has 0 aromatic carbocycles. The predicted molar refractivity (Wildman–Crippen MR) is 68.3 cm³/mol. The van der Waals surface area contributed by atoms with Crippen molar-refractivity contribution < 1.29 is 14.7 Å². The zero-order valence-corrected chi connectivity index (χ0v) is 10.9. The van der Waals surface area contributed by atoms with E-state index >= 15 is 0 Å². The number of urea groups is 1. The molecule has 3 N–H and O–H groups in total. The summed E-state index contributed by atoms with van der Waals surface area (Å²) in [5.41, 5.74) is 0. The molecule has 0 aromatic heterocycles. The number of amides is 2. The fourth-order valence-electron chi connectivity index (χ4n) is 1.78. The highest BCUT2D eigenvalue weighted by Gasteiger charge is 2.15. The Bertz CT molecular complexity index is 267. The van der Waals surface area contributed by atoms with Crippen LogP contribution in [0.4, 0.5) is 4.79 Å². The number of aliphatic carboxylic acids is 1. The summed E-state index contributed by atoms with van der Waals surface area (Å²) in [4.78, 5) is 21.9. The van der Waals surface area contributed by atoms with Crippen molar-refractivity contribution in [3.8, 4) is 0 Å². The summed E-state index contributed by atoms with van der Waals surface area (Å²) in [5.74, 6) is 2.01. The summed E-state index contributed by atoms with van der Waals surface area (Å²) in [6, 6.07) is -0.605. The molecule has 0 radical (unpaired) electrons. The first kappa shape index (κ1) is 14.2. The van der Waals surface area contributed by atoms with Crippen LogP contribution in [0.2, 0.25) is 0 Å². The zero-order valence-electron chi connectivity index (χ0n) is 10.1. The van der Waals surface area contributed by atoms with Crippen LogP contribution in [0.25, 0.3) is 0 Å². The van der Waals surface area contributed by atoms with E-state index in [0.29, 0.717) is 12.5 Å². The summed E-state index contributed by atoms with van der Waals surface area (Å²) in [5, 5.41) is 14.0. The first-order valence-electron chi connectivity index (χ1n) is 5.92. The number of carboxylic acids is 1. The molecule has 5 nitrogen and oxygen atoms in total. The number of hydrogen-bond donors (Lipinski definition) is 3. The van der Waals surface area contributed by atoms with Crippen LogP contribution in [-0.4, -0.2) is 41.2 Å². The molecule has 1 fully saturated rings. The molecule has 1 heterocycles. The summed E-state index contributed by atoms with van der Waals surface area (Å²) in [7, 11) is 0. The first-order chi connectivity index (χ1) is 8.08. The standard InChI is InChI=1S/C11H20N2O3S/c1-8(6-10(14)15)13-11(16)12-7-9-2-4-17-5-3-9/h8-9H,2-7H2,1H3,(H,14,15)(H2,12,13,16). The quantitative estimate of drug-likeness (QED) is 0.696. The highest BCUT2D eigenvalue weighted by atomic mass is 32.2. The van der Waals surface area contributed by atoms with Crippen molar-refractivity contribution in [1.82, 2.24) is 10.6 Å². The van der Waals surface area contributed by atoms with E-state index in [4.69, 9.17) is 5.11 Å². The van der Waals surface area contributed by atoms with Crippen LogP contribution in [0.3, 0.4) is 0 Å². The predicted octanol–water partition coefficient (Wildman–Crippen LogP) is 1.29. The van der Waals surface area contributed by atoms with Crippen LogP contribution in [0.1, 0.15) is 26.2 Å². The van der Waals surface area contributed by atoms with Gasteiger partial charge in [0.15, 0.2) is 0 Å². The average Bonchev–Trinajstić information content (AvgIpc) is 2.26. The van der Waals surface area contributed by atoms with Crippen LogP contribution in [0.5, 0.6) is 0 Å². The van der Waals surface area contributed by atoms with Crippen molar-refractivity contribution in [3.63, 3.8) is 0 Å². The summed E-state index contributed by atoms with van der Waals surface area (Å²) in [6.07, 6.45) is 2.25. The highest BCUT2D eigenvalue weighted by molar-refractivity contribution is 7.99. The SMILES string of the molecule is CC(CC(=O)O)NC(=O)NCC1CCSCC1.